The first-order chi connectivity index (χ1) is 6.34. The lowest BCUT2D eigenvalue weighted by Gasteiger charge is -2.10. The summed E-state index contributed by atoms with van der Waals surface area (Å²) in [6, 6.07) is 2.34. The molecule has 3 heteroatoms. The zero-order valence-electron chi connectivity index (χ0n) is 8.25. The van der Waals surface area contributed by atoms with Crippen LogP contribution in [0.3, 0.4) is 0 Å². The average Bonchev–Trinajstić information content (AvgIpc) is 2.65. The van der Waals surface area contributed by atoms with Crippen molar-refractivity contribution in [1.29, 1.82) is 0 Å². The summed E-state index contributed by atoms with van der Waals surface area (Å²) in [6.45, 7) is 3.91. The summed E-state index contributed by atoms with van der Waals surface area (Å²) in [4.78, 5) is 0. The third-order valence-corrected chi connectivity index (χ3v) is 2.02. The van der Waals surface area contributed by atoms with E-state index < -0.39 is 0 Å². The van der Waals surface area contributed by atoms with Gasteiger partial charge in [0.1, 0.15) is 0 Å². The molecular formula is C10H17NO2. The van der Waals surface area contributed by atoms with Crippen molar-refractivity contribution in [2.75, 3.05) is 20.3 Å². The molecule has 1 heterocycles. The minimum absolute atomic E-state index is 0.357. The Balaban J connectivity index is 2.15. The minimum atomic E-state index is 0.357. The average molecular weight is 183 g/mol. The number of hydrogen-bond acceptors (Lipinski definition) is 3. The second kappa shape index (κ2) is 5.78. The van der Waals surface area contributed by atoms with Gasteiger partial charge in [-0.15, -0.1) is 0 Å². The molecule has 74 valence electrons. The summed E-state index contributed by atoms with van der Waals surface area (Å²) < 4.78 is 9.95. The highest BCUT2D eigenvalue weighted by molar-refractivity contribution is 5.09. The Bertz CT molecular complexity index is 209. The molecule has 0 aliphatic heterocycles. The maximum absolute atomic E-state index is 5.00. The molecule has 0 radical (unpaired) electrons. The minimum Gasteiger partial charge on any atom is -0.472 e. The highest BCUT2D eigenvalue weighted by Crippen LogP contribution is 2.11. The van der Waals surface area contributed by atoms with Crippen molar-refractivity contribution in [2.45, 2.75) is 19.4 Å². The lowest BCUT2D eigenvalue weighted by atomic mass is 10.2. The van der Waals surface area contributed by atoms with Crippen molar-refractivity contribution in [3.63, 3.8) is 0 Å². The molecule has 0 saturated heterocycles. The van der Waals surface area contributed by atoms with Crippen LogP contribution in [0.5, 0.6) is 0 Å². The molecule has 0 bridgehead atoms. The van der Waals surface area contributed by atoms with Crippen LogP contribution in [0, 0.1) is 0 Å². The van der Waals surface area contributed by atoms with Crippen molar-refractivity contribution in [1.82, 2.24) is 5.32 Å². The molecule has 13 heavy (non-hydrogen) atoms. The molecule has 0 saturated carbocycles. The van der Waals surface area contributed by atoms with E-state index in [0.717, 1.165) is 19.6 Å². The van der Waals surface area contributed by atoms with E-state index >= 15 is 0 Å². The van der Waals surface area contributed by atoms with E-state index in [1.54, 1.807) is 19.6 Å². The number of ether oxygens (including phenoxy) is 1. The van der Waals surface area contributed by atoms with Crippen LogP contribution in [0.25, 0.3) is 0 Å². The number of rotatable bonds is 6. The highest BCUT2D eigenvalue weighted by atomic mass is 16.5. The maximum atomic E-state index is 5.00. The second-order valence-electron chi connectivity index (χ2n) is 3.08. The number of methoxy groups -OCH3 is 1. The van der Waals surface area contributed by atoms with Gasteiger partial charge in [-0.05, 0) is 26.0 Å². The van der Waals surface area contributed by atoms with Gasteiger partial charge < -0.3 is 14.5 Å². The molecule has 0 aliphatic carbocycles. The molecule has 3 nitrogen and oxygen atoms in total. The van der Waals surface area contributed by atoms with Gasteiger partial charge in [0, 0.05) is 25.3 Å². The number of furan rings is 1. The first kappa shape index (κ1) is 10.3. The van der Waals surface area contributed by atoms with E-state index in [1.807, 2.05) is 6.07 Å². The largest absolute Gasteiger partial charge is 0.472 e. The maximum Gasteiger partial charge on any atom is 0.0950 e. The van der Waals surface area contributed by atoms with E-state index in [1.165, 1.54) is 5.56 Å². The van der Waals surface area contributed by atoms with Gasteiger partial charge >= 0.3 is 0 Å². The molecular weight excluding hydrogens is 166 g/mol. The van der Waals surface area contributed by atoms with Gasteiger partial charge in [0.25, 0.3) is 0 Å². The monoisotopic (exact) mass is 183 g/mol. The summed E-state index contributed by atoms with van der Waals surface area (Å²) in [5.41, 5.74) is 1.19. The molecule has 1 atom stereocenters. The van der Waals surface area contributed by atoms with E-state index in [9.17, 15) is 0 Å². The molecule has 1 aromatic rings. The number of hydrogen-bond donors (Lipinski definition) is 1. The second-order valence-corrected chi connectivity index (χ2v) is 3.08. The fourth-order valence-electron chi connectivity index (χ4n) is 1.17. The van der Waals surface area contributed by atoms with Crippen LogP contribution in [0.2, 0.25) is 0 Å². The fraction of sp³-hybridized carbons (Fsp3) is 0.600. The van der Waals surface area contributed by atoms with Crippen molar-refractivity contribution >= 4 is 0 Å². The van der Waals surface area contributed by atoms with Crippen LogP contribution < -0.4 is 5.32 Å². The van der Waals surface area contributed by atoms with Crippen molar-refractivity contribution < 1.29 is 9.15 Å². The predicted octanol–water partition coefficient (Wildman–Crippen LogP) is 1.97. The summed E-state index contributed by atoms with van der Waals surface area (Å²) in [5.74, 6) is 0. The quantitative estimate of drug-likeness (QED) is 0.685. The summed E-state index contributed by atoms with van der Waals surface area (Å²) >= 11 is 0. The Hall–Kier alpha value is -0.800. The molecule has 0 aliphatic rings. The van der Waals surface area contributed by atoms with Gasteiger partial charge in [-0.1, -0.05) is 0 Å². The first-order valence-electron chi connectivity index (χ1n) is 4.59. The Morgan fingerprint density at radius 2 is 2.46 bits per heavy atom. The standard InChI is InChI=1S/C10H17NO2/c1-9(10-4-7-13-8-10)11-5-3-6-12-2/h4,7-9,11H,3,5-6H2,1-2H3. The van der Waals surface area contributed by atoms with Gasteiger partial charge in [0.2, 0.25) is 0 Å². The molecule has 0 amide bonds. The fourth-order valence-corrected chi connectivity index (χ4v) is 1.17. The molecule has 0 spiro atoms. The highest BCUT2D eigenvalue weighted by Gasteiger charge is 2.04. The van der Waals surface area contributed by atoms with Crippen LogP contribution in [-0.4, -0.2) is 20.3 Å². The smallest absolute Gasteiger partial charge is 0.0950 e. The zero-order chi connectivity index (χ0) is 9.52. The normalized spacial score (nSPS) is 13.1. The zero-order valence-corrected chi connectivity index (χ0v) is 8.25. The molecule has 1 rings (SSSR count). The van der Waals surface area contributed by atoms with E-state index in [2.05, 4.69) is 12.2 Å². The Morgan fingerprint density at radius 1 is 1.62 bits per heavy atom. The van der Waals surface area contributed by atoms with Gasteiger partial charge in [-0.2, -0.15) is 0 Å². The van der Waals surface area contributed by atoms with E-state index in [-0.39, 0.29) is 0 Å². The van der Waals surface area contributed by atoms with Crippen LogP contribution in [0.4, 0.5) is 0 Å². The van der Waals surface area contributed by atoms with Gasteiger partial charge in [-0.3, -0.25) is 0 Å². The van der Waals surface area contributed by atoms with E-state index in [0.29, 0.717) is 6.04 Å². The molecule has 1 N–H and O–H groups in total. The van der Waals surface area contributed by atoms with E-state index in [4.69, 9.17) is 9.15 Å². The van der Waals surface area contributed by atoms with Gasteiger partial charge in [0.15, 0.2) is 0 Å². The SMILES string of the molecule is COCCCNC(C)c1ccoc1. The van der Waals surface area contributed by atoms with Gasteiger partial charge in [0.05, 0.1) is 12.5 Å². The molecule has 0 aromatic carbocycles. The third kappa shape index (κ3) is 3.61. The van der Waals surface area contributed by atoms with Crippen LogP contribution in [-0.2, 0) is 4.74 Å². The lowest BCUT2D eigenvalue weighted by Crippen LogP contribution is -2.20. The van der Waals surface area contributed by atoms with Crippen molar-refractivity contribution in [3.05, 3.63) is 24.2 Å². The van der Waals surface area contributed by atoms with Crippen molar-refractivity contribution in [3.8, 4) is 0 Å². The Labute approximate surface area is 79.1 Å². The van der Waals surface area contributed by atoms with Crippen LogP contribution in [0.1, 0.15) is 24.9 Å². The first-order valence-corrected chi connectivity index (χ1v) is 4.59. The number of nitrogens with one attached hydrogen (secondary N) is 1. The molecule has 1 unspecified atom stereocenters. The summed E-state index contributed by atoms with van der Waals surface area (Å²) in [5, 5.41) is 3.38. The van der Waals surface area contributed by atoms with Crippen LogP contribution in [0.15, 0.2) is 23.0 Å². The van der Waals surface area contributed by atoms with Crippen LogP contribution >= 0.6 is 0 Å². The molecule has 0 fully saturated rings. The third-order valence-electron chi connectivity index (χ3n) is 2.02. The summed E-state index contributed by atoms with van der Waals surface area (Å²) in [7, 11) is 1.72. The van der Waals surface area contributed by atoms with Crippen molar-refractivity contribution in [2.24, 2.45) is 0 Å². The Kier molecular flexibility index (Phi) is 4.57. The van der Waals surface area contributed by atoms with Gasteiger partial charge in [-0.25, -0.2) is 0 Å². The lowest BCUT2D eigenvalue weighted by molar-refractivity contribution is 0.193. The summed E-state index contributed by atoms with van der Waals surface area (Å²) in [6.07, 6.45) is 4.51. The topological polar surface area (TPSA) is 34.4 Å². The Morgan fingerprint density at radius 3 is 3.08 bits per heavy atom. The molecule has 1 aromatic heterocycles. The predicted molar refractivity (Wildman–Crippen MR) is 51.6 cm³/mol.